The molecule has 0 saturated heterocycles. The summed E-state index contributed by atoms with van der Waals surface area (Å²) in [7, 11) is 1.61. The minimum atomic E-state index is -0.404. The summed E-state index contributed by atoms with van der Waals surface area (Å²) in [5, 5.41) is 11.0. The molecular weight excluding hydrogens is 500 g/mol. The summed E-state index contributed by atoms with van der Waals surface area (Å²) in [5.74, 6) is 1.51. The summed E-state index contributed by atoms with van der Waals surface area (Å²) in [4.78, 5) is 24.3. The summed E-state index contributed by atoms with van der Waals surface area (Å²) in [6.07, 6.45) is 6.24. The van der Waals surface area contributed by atoms with Crippen LogP contribution >= 0.6 is 0 Å². The average molecular weight is 541 g/mol. The molecular formula is C31H40O8. The molecule has 0 aliphatic heterocycles. The Morgan fingerprint density at radius 2 is 1.28 bits per heavy atom. The number of benzene rings is 1. The second-order valence-corrected chi connectivity index (χ2v) is 11.0. The number of furan rings is 2. The number of methoxy groups -OCH3 is 1. The number of ether oxygens (including phenoxy) is 3. The standard InChI is InChI=1S/C31H40O8/c1-30(2,14-6-12-28(33)38-20-22-10-8-16-36-22)24-19-27(35-5)25(18-26(24)32)31(3,4)15-7-13-29(34)39-21-23-11-9-17-37-23/h8-11,16-19,32H,6-7,12-15,20-21H2,1-5H3. The minimum absolute atomic E-state index is 0.122. The molecule has 212 valence electrons. The first kappa shape index (κ1) is 29.9. The molecule has 0 aliphatic carbocycles. The monoisotopic (exact) mass is 540 g/mol. The highest BCUT2D eigenvalue weighted by atomic mass is 16.5. The van der Waals surface area contributed by atoms with Crippen molar-refractivity contribution < 1.29 is 37.7 Å². The molecule has 0 spiro atoms. The predicted molar refractivity (Wildman–Crippen MR) is 145 cm³/mol. The third-order valence-corrected chi connectivity index (χ3v) is 7.05. The lowest BCUT2D eigenvalue weighted by atomic mass is 9.75. The zero-order valence-corrected chi connectivity index (χ0v) is 23.6. The van der Waals surface area contributed by atoms with Crippen LogP contribution in [-0.4, -0.2) is 24.2 Å². The molecule has 1 N–H and O–H groups in total. The number of phenols is 1. The third-order valence-electron chi connectivity index (χ3n) is 7.05. The molecule has 2 aromatic heterocycles. The van der Waals surface area contributed by atoms with E-state index in [0.29, 0.717) is 43.0 Å². The van der Waals surface area contributed by atoms with E-state index in [2.05, 4.69) is 13.8 Å². The van der Waals surface area contributed by atoms with Crippen LogP contribution < -0.4 is 4.74 Å². The summed E-state index contributed by atoms with van der Waals surface area (Å²) < 4.78 is 26.6. The van der Waals surface area contributed by atoms with E-state index in [0.717, 1.165) is 11.1 Å². The van der Waals surface area contributed by atoms with Gasteiger partial charge in [-0.1, -0.05) is 27.7 Å². The third kappa shape index (κ3) is 8.67. The summed E-state index contributed by atoms with van der Waals surface area (Å²) in [6, 6.07) is 10.7. The fourth-order valence-electron chi connectivity index (χ4n) is 4.66. The van der Waals surface area contributed by atoms with Crippen molar-refractivity contribution in [2.75, 3.05) is 7.11 Å². The maximum Gasteiger partial charge on any atom is 0.306 e. The topological polar surface area (TPSA) is 108 Å². The Morgan fingerprint density at radius 3 is 1.72 bits per heavy atom. The van der Waals surface area contributed by atoms with Gasteiger partial charge in [0.25, 0.3) is 0 Å². The van der Waals surface area contributed by atoms with Gasteiger partial charge in [-0.2, -0.15) is 0 Å². The Morgan fingerprint density at radius 1 is 0.795 bits per heavy atom. The molecule has 0 saturated carbocycles. The van der Waals surface area contributed by atoms with Gasteiger partial charge >= 0.3 is 11.9 Å². The van der Waals surface area contributed by atoms with E-state index in [9.17, 15) is 14.7 Å². The van der Waals surface area contributed by atoms with E-state index in [1.54, 1.807) is 50.0 Å². The molecule has 2 heterocycles. The second-order valence-electron chi connectivity index (χ2n) is 11.0. The molecule has 0 amide bonds. The first-order valence-electron chi connectivity index (χ1n) is 13.3. The van der Waals surface area contributed by atoms with Gasteiger partial charge < -0.3 is 28.2 Å². The maximum absolute atomic E-state index is 12.1. The van der Waals surface area contributed by atoms with Crippen LogP contribution in [0.4, 0.5) is 0 Å². The molecule has 0 radical (unpaired) electrons. The first-order valence-corrected chi connectivity index (χ1v) is 13.3. The van der Waals surface area contributed by atoms with Gasteiger partial charge in [-0.15, -0.1) is 0 Å². The van der Waals surface area contributed by atoms with Crippen molar-refractivity contribution in [3.05, 3.63) is 71.6 Å². The SMILES string of the molecule is COc1cc(C(C)(C)CCCC(=O)OCc2ccco2)c(O)cc1C(C)(C)CCCC(=O)OCc1ccco1. The van der Waals surface area contributed by atoms with Gasteiger partial charge in [0.1, 0.15) is 36.2 Å². The van der Waals surface area contributed by atoms with Gasteiger partial charge in [0.05, 0.1) is 19.6 Å². The molecule has 0 fully saturated rings. The van der Waals surface area contributed by atoms with E-state index >= 15 is 0 Å². The van der Waals surface area contributed by atoms with E-state index in [-0.39, 0.29) is 49.2 Å². The normalized spacial score (nSPS) is 11.8. The van der Waals surface area contributed by atoms with E-state index in [1.165, 1.54) is 0 Å². The molecule has 0 atom stereocenters. The summed E-state index contributed by atoms with van der Waals surface area (Å²) in [6.45, 7) is 8.45. The number of phenolic OH excluding ortho intramolecular Hbond substituents is 1. The van der Waals surface area contributed by atoms with Crippen molar-refractivity contribution in [2.24, 2.45) is 0 Å². The molecule has 1 aromatic carbocycles. The fourth-order valence-corrected chi connectivity index (χ4v) is 4.66. The molecule has 39 heavy (non-hydrogen) atoms. The van der Waals surface area contributed by atoms with Crippen LogP contribution in [0, 0.1) is 0 Å². The second kappa shape index (κ2) is 13.4. The maximum atomic E-state index is 12.1. The highest BCUT2D eigenvalue weighted by molar-refractivity contribution is 5.69. The summed E-state index contributed by atoms with van der Waals surface area (Å²) in [5.41, 5.74) is 0.862. The van der Waals surface area contributed by atoms with Gasteiger partial charge in [-0.05, 0) is 72.9 Å². The van der Waals surface area contributed by atoms with Crippen molar-refractivity contribution in [3.8, 4) is 11.5 Å². The zero-order valence-electron chi connectivity index (χ0n) is 23.6. The molecule has 8 heteroatoms. The number of esters is 2. The largest absolute Gasteiger partial charge is 0.508 e. The Labute approximate surface area is 230 Å². The smallest absolute Gasteiger partial charge is 0.306 e. The van der Waals surface area contributed by atoms with E-state index in [4.69, 9.17) is 23.0 Å². The molecule has 8 nitrogen and oxygen atoms in total. The lowest BCUT2D eigenvalue weighted by Gasteiger charge is -2.31. The molecule has 0 unspecified atom stereocenters. The lowest BCUT2D eigenvalue weighted by molar-refractivity contribution is -0.146. The van der Waals surface area contributed by atoms with Crippen LogP contribution in [0.2, 0.25) is 0 Å². The Balaban J connectivity index is 1.55. The molecule has 3 aromatic rings. The lowest BCUT2D eigenvalue weighted by Crippen LogP contribution is -2.22. The van der Waals surface area contributed by atoms with Crippen molar-refractivity contribution in [1.29, 1.82) is 0 Å². The highest BCUT2D eigenvalue weighted by Gasteiger charge is 2.30. The van der Waals surface area contributed by atoms with Gasteiger partial charge in [-0.3, -0.25) is 9.59 Å². The molecule has 3 rings (SSSR count). The number of carbonyl (C=O) groups excluding carboxylic acids is 2. The fraction of sp³-hybridized carbons (Fsp3) is 0.484. The number of hydrogen-bond acceptors (Lipinski definition) is 8. The molecule has 0 bridgehead atoms. The average Bonchev–Trinajstić information content (AvgIpc) is 3.60. The van der Waals surface area contributed by atoms with Gasteiger partial charge in [0.2, 0.25) is 0 Å². The van der Waals surface area contributed by atoms with Crippen LogP contribution in [-0.2, 0) is 43.1 Å². The van der Waals surface area contributed by atoms with Crippen molar-refractivity contribution in [3.63, 3.8) is 0 Å². The first-order chi connectivity index (χ1) is 18.5. The highest BCUT2D eigenvalue weighted by Crippen LogP contribution is 2.44. The quantitative estimate of drug-likeness (QED) is 0.206. The summed E-state index contributed by atoms with van der Waals surface area (Å²) >= 11 is 0. The van der Waals surface area contributed by atoms with Gasteiger partial charge in [0, 0.05) is 24.0 Å². The molecule has 0 aliphatic rings. The van der Waals surface area contributed by atoms with Crippen molar-refractivity contribution in [2.45, 2.75) is 90.3 Å². The van der Waals surface area contributed by atoms with Crippen LogP contribution in [0.3, 0.4) is 0 Å². The number of rotatable bonds is 15. The van der Waals surface area contributed by atoms with Crippen LogP contribution in [0.5, 0.6) is 11.5 Å². The minimum Gasteiger partial charge on any atom is -0.508 e. The van der Waals surface area contributed by atoms with Crippen molar-refractivity contribution >= 4 is 11.9 Å². The van der Waals surface area contributed by atoms with Gasteiger partial charge in [0.15, 0.2) is 0 Å². The van der Waals surface area contributed by atoms with Gasteiger partial charge in [-0.25, -0.2) is 0 Å². The number of carbonyl (C=O) groups is 2. The van der Waals surface area contributed by atoms with Crippen LogP contribution in [0.15, 0.2) is 57.8 Å². The van der Waals surface area contributed by atoms with Crippen LogP contribution in [0.25, 0.3) is 0 Å². The van der Waals surface area contributed by atoms with E-state index in [1.807, 2.05) is 19.9 Å². The Bertz CT molecular complexity index is 1190. The predicted octanol–water partition coefficient (Wildman–Crippen LogP) is 6.97. The Hall–Kier alpha value is -3.68. The number of aromatic hydroxyl groups is 1. The Kier molecular flexibility index (Phi) is 10.3. The van der Waals surface area contributed by atoms with Crippen molar-refractivity contribution in [1.82, 2.24) is 0 Å². The van der Waals surface area contributed by atoms with E-state index < -0.39 is 5.41 Å². The van der Waals surface area contributed by atoms with Crippen LogP contribution in [0.1, 0.15) is 88.9 Å². The number of hydrogen-bond donors (Lipinski definition) is 1. The zero-order chi connectivity index (χ0) is 28.5.